The standard InChI is InChI=1S/C12H23N3O3S/c1-11(2)19(16,17)7-5-15-9-12(14-10-15)8-13-4-6-18-3/h9-11,13H,4-8H2,1-3H3. The molecule has 1 aromatic heterocycles. The van der Waals surface area contributed by atoms with Crippen molar-refractivity contribution in [3.63, 3.8) is 0 Å². The fourth-order valence-electron chi connectivity index (χ4n) is 1.48. The van der Waals surface area contributed by atoms with E-state index < -0.39 is 9.84 Å². The molecule has 1 rings (SSSR count). The summed E-state index contributed by atoms with van der Waals surface area (Å²) >= 11 is 0. The topological polar surface area (TPSA) is 73.2 Å². The molecule has 0 radical (unpaired) electrons. The SMILES string of the molecule is COCCNCc1cn(CCS(=O)(=O)C(C)C)cn1. The number of hydrogen-bond acceptors (Lipinski definition) is 5. The first-order chi connectivity index (χ1) is 8.95. The van der Waals surface area contributed by atoms with Gasteiger partial charge in [0, 0.05) is 32.9 Å². The minimum Gasteiger partial charge on any atom is -0.383 e. The van der Waals surface area contributed by atoms with Crippen molar-refractivity contribution in [2.24, 2.45) is 0 Å². The van der Waals surface area contributed by atoms with Crippen LogP contribution in [0.4, 0.5) is 0 Å². The molecule has 0 spiro atoms. The molecule has 1 heterocycles. The van der Waals surface area contributed by atoms with Gasteiger partial charge in [-0.25, -0.2) is 13.4 Å². The summed E-state index contributed by atoms with van der Waals surface area (Å²) in [6, 6.07) is 0. The summed E-state index contributed by atoms with van der Waals surface area (Å²) in [5, 5.41) is 2.86. The quantitative estimate of drug-likeness (QED) is 0.668. The van der Waals surface area contributed by atoms with Crippen LogP contribution >= 0.6 is 0 Å². The highest BCUT2D eigenvalue weighted by molar-refractivity contribution is 7.91. The first-order valence-corrected chi connectivity index (χ1v) is 8.09. The van der Waals surface area contributed by atoms with E-state index in [1.165, 1.54) is 0 Å². The van der Waals surface area contributed by atoms with Crippen LogP contribution in [-0.4, -0.2) is 49.2 Å². The molecule has 0 saturated carbocycles. The van der Waals surface area contributed by atoms with Crippen molar-refractivity contribution in [1.29, 1.82) is 0 Å². The molecule has 0 aliphatic heterocycles. The number of rotatable bonds is 9. The maximum Gasteiger partial charge on any atom is 0.154 e. The monoisotopic (exact) mass is 289 g/mol. The molecule has 1 aromatic rings. The zero-order valence-electron chi connectivity index (χ0n) is 11.8. The van der Waals surface area contributed by atoms with E-state index in [-0.39, 0.29) is 11.0 Å². The van der Waals surface area contributed by atoms with Gasteiger partial charge in [0.2, 0.25) is 0 Å². The number of aromatic nitrogens is 2. The maximum atomic E-state index is 11.7. The largest absolute Gasteiger partial charge is 0.383 e. The van der Waals surface area contributed by atoms with Crippen molar-refractivity contribution in [2.75, 3.05) is 26.0 Å². The van der Waals surface area contributed by atoms with Crippen molar-refractivity contribution in [1.82, 2.24) is 14.9 Å². The molecule has 110 valence electrons. The predicted molar refractivity (Wildman–Crippen MR) is 74.7 cm³/mol. The van der Waals surface area contributed by atoms with Crippen LogP contribution in [0.1, 0.15) is 19.5 Å². The van der Waals surface area contributed by atoms with Crippen LogP contribution in [0, 0.1) is 0 Å². The summed E-state index contributed by atoms with van der Waals surface area (Å²) in [6.07, 6.45) is 3.54. The van der Waals surface area contributed by atoms with Crippen LogP contribution in [0.2, 0.25) is 0 Å². The Morgan fingerprint density at radius 3 is 2.84 bits per heavy atom. The Hall–Kier alpha value is -0.920. The third kappa shape index (κ3) is 5.71. The molecule has 7 heteroatoms. The molecule has 0 aliphatic carbocycles. The molecule has 19 heavy (non-hydrogen) atoms. The Kier molecular flexibility index (Phi) is 6.47. The van der Waals surface area contributed by atoms with E-state index in [1.54, 1.807) is 27.3 Å². The van der Waals surface area contributed by atoms with Crippen LogP contribution < -0.4 is 5.32 Å². The van der Waals surface area contributed by atoms with Gasteiger partial charge in [-0.3, -0.25) is 0 Å². The lowest BCUT2D eigenvalue weighted by Crippen LogP contribution is -2.20. The van der Waals surface area contributed by atoms with Gasteiger partial charge in [0.1, 0.15) is 0 Å². The second-order valence-electron chi connectivity index (χ2n) is 4.69. The van der Waals surface area contributed by atoms with Gasteiger partial charge in [0.15, 0.2) is 9.84 Å². The summed E-state index contributed by atoms with van der Waals surface area (Å²) in [5.74, 6) is 0.150. The Morgan fingerprint density at radius 1 is 1.47 bits per heavy atom. The molecule has 6 nitrogen and oxygen atoms in total. The van der Waals surface area contributed by atoms with E-state index in [4.69, 9.17) is 4.74 Å². The Balaban J connectivity index is 2.39. The number of aryl methyl sites for hydroxylation is 1. The fraction of sp³-hybridized carbons (Fsp3) is 0.750. The maximum absolute atomic E-state index is 11.7. The number of ether oxygens (including phenoxy) is 1. The van der Waals surface area contributed by atoms with E-state index in [9.17, 15) is 8.42 Å². The molecular formula is C12H23N3O3S. The molecular weight excluding hydrogens is 266 g/mol. The summed E-state index contributed by atoms with van der Waals surface area (Å²) in [5.41, 5.74) is 0.901. The highest BCUT2D eigenvalue weighted by Gasteiger charge is 2.15. The second-order valence-corrected chi connectivity index (χ2v) is 7.36. The average molecular weight is 289 g/mol. The summed E-state index contributed by atoms with van der Waals surface area (Å²) in [4.78, 5) is 4.22. The lowest BCUT2D eigenvalue weighted by molar-refractivity contribution is 0.199. The van der Waals surface area contributed by atoms with Crippen LogP contribution in [0.3, 0.4) is 0 Å². The molecule has 0 unspecified atom stereocenters. The number of nitrogens with one attached hydrogen (secondary N) is 1. The number of methoxy groups -OCH3 is 1. The highest BCUT2D eigenvalue weighted by Crippen LogP contribution is 2.03. The van der Waals surface area contributed by atoms with E-state index in [0.29, 0.717) is 19.7 Å². The molecule has 0 atom stereocenters. The Bertz CT molecular complexity index is 468. The van der Waals surface area contributed by atoms with Gasteiger partial charge in [0.05, 0.1) is 29.6 Å². The van der Waals surface area contributed by atoms with Crippen molar-refractivity contribution in [3.8, 4) is 0 Å². The van der Waals surface area contributed by atoms with Crippen molar-refractivity contribution < 1.29 is 13.2 Å². The third-order valence-electron chi connectivity index (χ3n) is 2.83. The Morgan fingerprint density at radius 2 is 2.21 bits per heavy atom. The average Bonchev–Trinajstić information content (AvgIpc) is 2.80. The highest BCUT2D eigenvalue weighted by atomic mass is 32.2. The van der Waals surface area contributed by atoms with Gasteiger partial charge >= 0.3 is 0 Å². The van der Waals surface area contributed by atoms with Gasteiger partial charge in [0.25, 0.3) is 0 Å². The van der Waals surface area contributed by atoms with Crippen LogP contribution in [-0.2, 0) is 27.7 Å². The van der Waals surface area contributed by atoms with Gasteiger partial charge in [-0.2, -0.15) is 0 Å². The van der Waals surface area contributed by atoms with Gasteiger partial charge in [-0.1, -0.05) is 0 Å². The van der Waals surface area contributed by atoms with Gasteiger partial charge < -0.3 is 14.6 Å². The summed E-state index contributed by atoms with van der Waals surface area (Å²) < 4.78 is 30.1. The number of nitrogens with zero attached hydrogens (tertiary/aromatic N) is 2. The number of sulfone groups is 1. The predicted octanol–water partition coefficient (Wildman–Crippen LogP) is 0.442. The molecule has 0 saturated heterocycles. The van der Waals surface area contributed by atoms with Crippen LogP contribution in [0.15, 0.2) is 12.5 Å². The van der Waals surface area contributed by atoms with Gasteiger partial charge in [-0.05, 0) is 13.8 Å². The summed E-state index contributed by atoms with van der Waals surface area (Å²) in [6.45, 7) is 5.94. The zero-order valence-corrected chi connectivity index (χ0v) is 12.6. The van der Waals surface area contributed by atoms with Crippen molar-refractivity contribution in [2.45, 2.75) is 32.2 Å². The Labute approximate surface area is 115 Å². The van der Waals surface area contributed by atoms with Gasteiger partial charge in [-0.15, -0.1) is 0 Å². The first-order valence-electron chi connectivity index (χ1n) is 6.37. The molecule has 0 fully saturated rings. The fourth-order valence-corrected chi connectivity index (χ4v) is 2.42. The lowest BCUT2D eigenvalue weighted by Gasteiger charge is -2.07. The zero-order chi connectivity index (χ0) is 14.3. The third-order valence-corrected chi connectivity index (χ3v) is 5.02. The second kappa shape index (κ2) is 7.62. The smallest absolute Gasteiger partial charge is 0.154 e. The minimum absolute atomic E-state index is 0.150. The van der Waals surface area contributed by atoms with Crippen LogP contribution in [0.5, 0.6) is 0 Å². The number of imidazole rings is 1. The lowest BCUT2D eigenvalue weighted by atomic mass is 10.4. The normalized spacial score (nSPS) is 12.2. The molecule has 1 N–H and O–H groups in total. The van der Waals surface area contributed by atoms with E-state index in [2.05, 4.69) is 10.3 Å². The van der Waals surface area contributed by atoms with E-state index >= 15 is 0 Å². The van der Waals surface area contributed by atoms with E-state index in [0.717, 1.165) is 12.2 Å². The summed E-state index contributed by atoms with van der Waals surface area (Å²) in [7, 11) is -1.33. The molecule has 0 aliphatic rings. The first kappa shape index (κ1) is 16.1. The number of hydrogen-bond donors (Lipinski definition) is 1. The van der Waals surface area contributed by atoms with Crippen LogP contribution in [0.25, 0.3) is 0 Å². The van der Waals surface area contributed by atoms with Crippen molar-refractivity contribution in [3.05, 3.63) is 18.2 Å². The van der Waals surface area contributed by atoms with Crippen molar-refractivity contribution >= 4 is 9.84 Å². The molecule has 0 aromatic carbocycles. The minimum atomic E-state index is -2.99. The molecule has 0 bridgehead atoms. The van der Waals surface area contributed by atoms with E-state index in [1.807, 2.05) is 10.8 Å². The molecule has 0 amide bonds.